The molecule has 1 aliphatic rings. The summed E-state index contributed by atoms with van der Waals surface area (Å²) in [4.78, 5) is 0. The zero-order valence-electron chi connectivity index (χ0n) is 11.0. The number of hydrogen-bond donors (Lipinski definition) is 1. The zero-order valence-corrected chi connectivity index (χ0v) is 12.5. The molecule has 0 atom stereocenters. The van der Waals surface area contributed by atoms with Gasteiger partial charge in [0.25, 0.3) is 0 Å². The van der Waals surface area contributed by atoms with Gasteiger partial charge in [-0.05, 0) is 22.0 Å². The molecule has 1 heterocycles. The molecule has 0 radical (unpaired) electrons. The largest absolute Gasteiger partial charge is 0.486 e. The van der Waals surface area contributed by atoms with Crippen LogP contribution in [0.4, 0.5) is 14.5 Å². The first-order valence-electron chi connectivity index (χ1n) is 6.41. The summed E-state index contributed by atoms with van der Waals surface area (Å²) in [5.41, 5.74) is 0.986. The van der Waals surface area contributed by atoms with E-state index < -0.39 is 11.6 Å². The van der Waals surface area contributed by atoms with Gasteiger partial charge in [-0.1, -0.05) is 12.1 Å². The predicted molar refractivity (Wildman–Crippen MR) is 78.8 cm³/mol. The van der Waals surface area contributed by atoms with E-state index in [9.17, 15) is 8.78 Å². The molecule has 0 unspecified atom stereocenters. The van der Waals surface area contributed by atoms with Gasteiger partial charge < -0.3 is 14.8 Å². The maximum absolute atomic E-state index is 13.6. The van der Waals surface area contributed by atoms with Gasteiger partial charge in [-0.2, -0.15) is 0 Å². The first-order valence-corrected chi connectivity index (χ1v) is 7.20. The van der Waals surface area contributed by atoms with E-state index in [-0.39, 0.29) is 12.1 Å². The van der Waals surface area contributed by atoms with Gasteiger partial charge in [0.2, 0.25) is 0 Å². The standard InChI is InChI=1S/C15H12BrF2NO2/c16-10-6-13-14(21-5-4-20-13)7-12(10)19-8-9-2-1-3-11(17)15(9)18/h1-3,6-7,19H,4-5,8H2. The van der Waals surface area contributed by atoms with E-state index in [0.717, 1.165) is 16.2 Å². The van der Waals surface area contributed by atoms with Crippen LogP contribution in [-0.2, 0) is 6.54 Å². The van der Waals surface area contributed by atoms with Gasteiger partial charge in [0.1, 0.15) is 13.2 Å². The van der Waals surface area contributed by atoms with Gasteiger partial charge in [-0.15, -0.1) is 0 Å². The van der Waals surface area contributed by atoms with Crippen molar-refractivity contribution in [1.29, 1.82) is 0 Å². The SMILES string of the molecule is Fc1cccc(CNc2cc3c(cc2Br)OCCO3)c1F. The van der Waals surface area contributed by atoms with Crippen LogP contribution in [0, 0.1) is 11.6 Å². The van der Waals surface area contributed by atoms with Crippen LogP contribution in [0.2, 0.25) is 0 Å². The Kier molecular flexibility index (Phi) is 3.96. The highest BCUT2D eigenvalue weighted by Crippen LogP contribution is 2.38. The van der Waals surface area contributed by atoms with Crippen LogP contribution in [0.15, 0.2) is 34.8 Å². The second-order valence-corrected chi connectivity index (χ2v) is 5.40. The number of hydrogen-bond acceptors (Lipinski definition) is 3. The maximum atomic E-state index is 13.6. The van der Waals surface area contributed by atoms with Crippen molar-refractivity contribution < 1.29 is 18.3 Å². The van der Waals surface area contributed by atoms with Crippen molar-refractivity contribution in [3.63, 3.8) is 0 Å². The van der Waals surface area contributed by atoms with E-state index in [0.29, 0.717) is 24.7 Å². The van der Waals surface area contributed by atoms with E-state index in [4.69, 9.17) is 9.47 Å². The van der Waals surface area contributed by atoms with Crippen molar-refractivity contribution in [3.8, 4) is 11.5 Å². The Morgan fingerprint density at radius 1 is 1.10 bits per heavy atom. The van der Waals surface area contributed by atoms with Crippen LogP contribution in [0.3, 0.4) is 0 Å². The van der Waals surface area contributed by atoms with Crippen molar-refractivity contribution >= 4 is 21.6 Å². The molecule has 1 N–H and O–H groups in total. The van der Waals surface area contributed by atoms with Gasteiger partial charge in [-0.25, -0.2) is 8.78 Å². The van der Waals surface area contributed by atoms with Crippen molar-refractivity contribution in [2.45, 2.75) is 6.54 Å². The van der Waals surface area contributed by atoms with E-state index in [2.05, 4.69) is 21.2 Å². The first kappa shape index (κ1) is 14.1. The predicted octanol–water partition coefficient (Wildman–Crippen LogP) is 4.11. The topological polar surface area (TPSA) is 30.5 Å². The average Bonchev–Trinajstić information content (AvgIpc) is 2.49. The number of nitrogens with one attached hydrogen (secondary N) is 1. The number of halogens is 3. The molecule has 0 saturated heterocycles. The minimum Gasteiger partial charge on any atom is -0.486 e. The zero-order chi connectivity index (χ0) is 14.8. The summed E-state index contributed by atoms with van der Waals surface area (Å²) in [6, 6.07) is 7.68. The summed E-state index contributed by atoms with van der Waals surface area (Å²) in [5.74, 6) is -0.392. The van der Waals surface area contributed by atoms with Crippen molar-refractivity contribution in [3.05, 3.63) is 52.0 Å². The second-order valence-electron chi connectivity index (χ2n) is 4.54. The van der Waals surface area contributed by atoms with Crippen molar-refractivity contribution in [2.24, 2.45) is 0 Å². The van der Waals surface area contributed by atoms with Crippen molar-refractivity contribution in [1.82, 2.24) is 0 Å². The van der Waals surface area contributed by atoms with Crippen LogP contribution in [-0.4, -0.2) is 13.2 Å². The molecule has 0 saturated carbocycles. The van der Waals surface area contributed by atoms with Gasteiger partial charge in [0, 0.05) is 28.7 Å². The second kappa shape index (κ2) is 5.89. The van der Waals surface area contributed by atoms with E-state index >= 15 is 0 Å². The number of anilines is 1. The smallest absolute Gasteiger partial charge is 0.163 e. The molecule has 0 bridgehead atoms. The number of fused-ring (bicyclic) bond motifs is 1. The molecule has 3 nitrogen and oxygen atoms in total. The summed E-state index contributed by atoms with van der Waals surface area (Å²) >= 11 is 3.42. The third-order valence-corrected chi connectivity index (χ3v) is 3.79. The highest BCUT2D eigenvalue weighted by Gasteiger charge is 2.15. The summed E-state index contributed by atoms with van der Waals surface area (Å²) < 4.78 is 38.5. The first-order chi connectivity index (χ1) is 10.1. The van der Waals surface area contributed by atoms with Crippen LogP contribution in [0.5, 0.6) is 11.5 Å². The van der Waals surface area contributed by atoms with Crippen molar-refractivity contribution in [2.75, 3.05) is 18.5 Å². The molecule has 2 aromatic carbocycles. The Bertz CT molecular complexity index is 679. The third-order valence-electron chi connectivity index (χ3n) is 3.13. The summed E-state index contributed by atoms with van der Waals surface area (Å²) in [6.07, 6.45) is 0. The lowest BCUT2D eigenvalue weighted by atomic mass is 10.2. The molecule has 110 valence electrons. The molecule has 1 aliphatic heterocycles. The van der Waals surface area contributed by atoms with Gasteiger partial charge in [-0.3, -0.25) is 0 Å². The highest BCUT2D eigenvalue weighted by molar-refractivity contribution is 9.10. The molecule has 6 heteroatoms. The van der Waals surface area contributed by atoms with Gasteiger partial charge in [0.05, 0.1) is 5.69 Å². The Labute approximate surface area is 129 Å². The average molecular weight is 356 g/mol. The molecule has 0 fully saturated rings. The molecule has 2 aromatic rings. The van der Waals surface area contributed by atoms with Gasteiger partial charge >= 0.3 is 0 Å². The Balaban J connectivity index is 1.80. The quantitative estimate of drug-likeness (QED) is 0.898. The minimum absolute atomic E-state index is 0.168. The molecule has 0 aliphatic carbocycles. The minimum atomic E-state index is -0.851. The fourth-order valence-electron chi connectivity index (χ4n) is 2.07. The number of rotatable bonds is 3. The monoisotopic (exact) mass is 355 g/mol. The highest BCUT2D eigenvalue weighted by atomic mass is 79.9. The molecule has 0 spiro atoms. The Morgan fingerprint density at radius 2 is 1.81 bits per heavy atom. The lowest BCUT2D eigenvalue weighted by Gasteiger charge is -2.20. The molecule has 3 rings (SSSR count). The fourth-order valence-corrected chi connectivity index (χ4v) is 2.54. The van der Waals surface area contributed by atoms with E-state index in [1.807, 2.05) is 0 Å². The number of benzene rings is 2. The molecular weight excluding hydrogens is 344 g/mol. The lowest BCUT2D eigenvalue weighted by molar-refractivity contribution is 0.171. The summed E-state index contributed by atoms with van der Waals surface area (Å²) in [7, 11) is 0. The fraction of sp³-hybridized carbons (Fsp3) is 0.200. The van der Waals surface area contributed by atoms with Crippen LogP contribution < -0.4 is 14.8 Å². The van der Waals surface area contributed by atoms with Crippen LogP contribution in [0.1, 0.15) is 5.56 Å². The van der Waals surface area contributed by atoms with Crippen LogP contribution >= 0.6 is 15.9 Å². The van der Waals surface area contributed by atoms with E-state index in [1.54, 1.807) is 12.1 Å². The summed E-state index contributed by atoms with van der Waals surface area (Å²) in [6.45, 7) is 1.18. The molecular formula is C15H12BrF2NO2. The van der Waals surface area contributed by atoms with Gasteiger partial charge in [0.15, 0.2) is 23.1 Å². The normalized spacial score (nSPS) is 13.1. The van der Waals surface area contributed by atoms with E-state index in [1.165, 1.54) is 12.1 Å². The Morgan fingerprint density at radius 3 is 2.57 bits per heavy atom. The lowest BCUT2D eigenvalue weighted by Crippen LogP contribution is -2.15. The molecule has 0 amide bonds. The number of ether oxygens (including phenoxy) is 2. The molecule has 21 heavy (non-hydrogen) atoms. The van der Waals surface area contributed by atoms with Crippen LogP contribution in [0.25, 0.3) is 0 Å². The molecule has 0 aromatic heterocycles. The maximum Gasteiger partial charge on any atom is 0.163 e. The summed E-state index contributed by atoms with van der Waals surface area (Å²) in [5, 5.41) is 3.06. The third kappa shape index (κ3) is 2.95. The Hall–Kier alpha value is -1.82.